The van der Waals surface area contributed by atoms with Gasteiger partial charge in [-0.1, -0.05) is 13.8 Å². The summed E-state index contributed by atoms with van der Waals surface area (Å²) in [7, 11) is -1.51. The zero-order chi connectivity index (χ0) is 15.8. The molecule has 1 aromatic heterocycles. The van der Waals surface area contributed by atoms with Crippen molar-refractivity contribution < 1.29 is 8.42 Å². The van der Waals surface area contributed by atoms with E-state index in [2.05, 4.69) is 19.2 Å². The van der Waals surface area contributed by atoms with E-state index in [-0.39, 0.29) is 5.54 Å². The fourth-order valence-electron chi connectivity index (χ4n) is 2.86. The van der Waals surface area contributed by atoms with Crippen molar-refractivity contribution in [1.29, 1.82) is 0 Å². The van der Waals surface area contributed by atoms with E-state index in [9.17, 15) is 8.42 Å². The van der Waals surface area contributed by atoms with E-state index in [1.165, 1.54) is 0 Å². The van der Waals surface area contributed by atoms with Crippen LogP contribution in [0, 0.1) is 0 Å². The summed E-state index contributed by atoms with van der Waals surface area (Å²) in [4.78, 5) is 0.403. The lowest BCUT2D eigenvalue weighted by Gasteiger charge is -2.30. The summed E-state index contributed by atoms with van der Waals surface area (Å²) < 4.78 is 29.2. The fraction of sp³-hybridized carbons (Fsp3) is 0.733. The van der Waals surface area contributed by atoms with Gasteiger partial charge in [-0.2, -0.15) is 4.31 Å². The van der Waals surface area contributed by atoms with Crippen molar-refractivity contribution in [2.45, 2.75) is 63.6 Å². The molecule has 1 aromatic rings. The van der Waals surface area contributed by atoms with Gasteiger partial charge in [0.05, 0.1) is 0 Å². The van der Waals surface area contributed by atoms with Crippen LogP contribution in [0.2, 0.25) is 0 Å². The Bertz CT molecular complexity index is 602. The quantitative estimate of drug-likeness (QED) is 0.905. The second-order valence-electron chi connectivity index (χ2n) is 6.81. The van der Waals surface area contributed by atoms with Crippen molar-refractivity contribution in [1.82, 2.24) is 14.2 Å². The van der Waals surface area contributed by atoms with E-state index in [4.69, 9.17) is 0 Å². The van der Waals surface area contributed by atoms with Crippen molar-refractivity contribution >= 4 is 10.0 Å². The lowest BCUT2D eigenvalue weighted by atomic mass is 10.0. The number of hydrogen-bond donors (Lipinski definition) is 1. The highest BCUT2D eigenvalue weighted by atomic mass is 32.2. The van der Waals surface area contributed by atoms with E-state index in [0.717, 1.165) is 18.5 Å². The molecule has 2 heterocycles. The molecule has 5 nitrogen and oxygen atoms in total. The van der Waals surface area contributed by atoms with Crippen molar-refractivity contribution in [3.8, 4) is 0 Å². The Balaban J connectivity index is 2.27. The van der Waals surface area contributed by atoms with Crippen LogP contribution in [0.4, 0.5) is 0 Å². The topological polar surface area (TPSA) is 54.3 Å². The molecule has 2 rings (SSSR count). The lowest BCUT2D eigenvalue weighted by Crippen LogP contribution is -2.42. The first kappa shape index (κ1) is 16.5. The molecule has 21 heavy (non-hydrogen) atoms. The van der Waals surface area contributed by atoms with Crippen LogP contribution < -0.4 is 5.32 Å². The zero-order valence-corrected chi connectivity index (χ0v) is 14.5. The fourth-order valence-corrected chi connectivity index (χ4v) is 4.80. The number of nitrogens with zero attached hydrogens (tertiary/aromatic N) is 2. The number of sulfonamides is 1. The third-order valence-corrected chi connectivity index (χ3v) is 6.26. The smallest absolute Gasteiger partial charge is 0.245 e. The van der Waals surface area contributed by atoms with Gasteiger partial charge >= 0.3 is 0 Å². The summed E-state index contributed by atoms with van der Waals surface area (Å²) in [6.07, 6.45) is 3.57. The average Bonchev–Trinajstić information content (AvgIpc) is 2.90. The van der Waals surface area contributed by atoms with Crippen LogP contribution in [0.3, 0.4) is 0 Å². The van der Waals surface area contributed by atoms with Gasteiger partial charge in [0.1, 0.15) is 4.90 Å². The molecule has 0 saturated carbocycles. The molecule has 0 spiro atoms. The molecule has 1 aliphatic heterocycles. The molecule has 1 saturated heterocycles. The second kappa shape index (κ2) is 5.74. The molecule has 6 heteroatoms. The Morgan fingerprint density at radius 1 is 1.38 bits per heavy atom. The largest absolute Gasteiger partial charge is 0.352 e. The van der Waals surface area contributed by atoms with Gasteiger partial charge in [0.15, 0.2) is 0 Å². The minimum Gasteiger partial charge on any atom is -0.352 e. The molecule has 0 aromatic carbocycles. The minimum absolute atomic E-state index is 0.287. The lowest BCUT2D eigenvalue weighted by molar-refractivity contribution is 0.291. The highest BCUT2D eigenvalue weighted by Crippen LogP contribution is 2.34. The van der Waals surface area contributed by atoms with Gasteiger partial charge < -0.3 is 9.88 Å². The van der Waals surface area contributed by atoms with Crippen LogP contribution in [0.15, 0.2) is 17.2 Å². The molecule has 1 N–H and O–H groups in total. The van der Waals surface area contributed by atoms with Crippen molar-refractivity contribution in [2.75, 3.05) is 6.54 Å². The summed E-state index contributed by atoms with van der Waals surface area (Å²) in [6.45, 7) is 9.45. The maximum absolute atomic E-state index is 12.8. The van der Waals surface area contributed by atoms with E-state index in [1.807, 2.05) is 25.5 Å². The summed E-state index contributed by atoms with van der Waals surface area (Å²) >= 11 is 0. The van der Waals surface area contributed by atoms with Gasteiger partial charge in [0.2, 0.25) is 10.0 Å². The predicted molar refractivity (Wildman–Crippen MR) is 84.6 cm³/mol. The number of rotatable bonds is 5. The van der Waals surface area contributed by atoms with Gasteiger partial charge in [0, 0.05) is 43.6 Å². The van der Waals surface area contributed by atoms with E-state index in [0.29, 0.717) is 24.0 Å². The maximum atomic E-state index is 12.8. The first-order valence-electron chi connectivity index (χ1n) is 7.56. The molecule has 1 fully saturated rings. The first-order chi connectivity index (χ1) is 9.64. The highest BCUT2D eigenvalue weighted by molar-refractivity contribution is 7.89. The molecular weight excluding hydrogens is 286 g/mol. The van der Waals surface area contributed by atoms with Crippen molar-refractivity contribution in [3.63, 3.8) is 0 Å². The van der Waals surface area contributed by atoms with Gasteiger partial charge in [-0.05, 0) is 32.8 Å². The standard InChI is InChI=1S/C15H27N3O2S/c1-12(2)16-10-13-9-14(11-17(13)5)21(19,20)18-8-6-7-15(18,3)4/h9,11-12,16H,6-8,10H2,1-5H3. The van der Waals surface area contributed by atoms with Crippen LogP contribution in [0.5, 0.6) is 0 Å². The third-order valence-electron chi connectivity index (χ3n) is 4.19. The van der Waals surface area contributed by atoms with Crippen LogP contribution >= 0.6 is 0 Å². The normalized spacial score (nSPS) is 19.5. The Labute approximate surface area is 128 Å². The molecule has 0 atom stereocenters. The summed E-state index contributed by atoms with van der Waals surface area (Å²) in [5.41, 5.74) is 0.699. The van der Waals surface area contributed by atoms with Crippen LogP contribution in [0.1, 0.15) is 46.2 Å². The maximum Gasteiger partial charge on any atom is 0.245 e. The predicted octanol–water partition coefficient (Wildman–Crippen LogP) is 2.09. The molecular formula is C15H27N3O2S. The molecule has 120 valence electrons. The number of aryl methyl sites for hydroxylation is 1. The van der Waals surface area contributed by atoms with Gasteiger partial charge in [-0.15, -0.1) is 0 Å². The van der Waals surface area contributed by atoms with E-state index in [1.54, 1.807) is 16.6 Å². The molecule has 0 aliphatic carbocycles. The zero-order valence-electron chi connectivity index (χ0n) is 13.7. The summed E-state index contributed by atoms with van der Waals surface area (Å²) in [5, 5.41) is 3.32. The van der Waals surface area contributed by atoms with Crippen LogP contribution in [-0.4, -0.2) is 35.4 Å². The summed E-state index contributed by atoms with van der Waals surface area (Å²) in [6, 6.07) is 2.16. The SMILES string of the molecule is CC(C)NCc1cc(S(=O)(=O)N2CCCC2(C)C)cn1C. The third kappa shape index (κ3) is 3.33. The monoisotopic (exact) mass is 313 g/mol. The van der Waals surface area contributed by atoms with Gasteiger partial charge in [-0.25, -0.2) is 8.42 Å². The second-order valence-corrected chi connectivity index (χ2v) is 8.67. The van der Waals surface area contributed by atoms with Crippen LogP contribution in [-0.2, 0) is 23.6 Å². The highest BCUT2D eigenvalue weighted by Gasteiger charge is 2.41. The molecule has 0 unspecified atom stereocenters. The average molecular weight is 313 g/mol. The summed E-state index contributed by atoms with van der Waals surface area (Å²) in [5.74, 6) is 0. The molecule has 0 amide bonds. The molecule has 1 aliphatic rings. The Morgan fingerprint density at radius 3 is 2.57 bits per heavy atom. The van der Waals surface area contributed by atoms with Crippen LogP contribution in [0.25, 0.3) is 0 Å². The van der Waals surface area contributed by atoms with E-state index < -0.39 is 10.0 Å². The molecule has 0 radical (unpaired) electrons. The van der Waals surface area contributed by atoms with E-state index >= 15 is 0 Å². The van der Waals surface area contributed by atoms with Crippen molar-refractivity contribution in [3.05, 3.63) is 18.0 Å². The molecule has 0 bridgehead atoms. The first-order valence-corrected chi connectivity index (χ1v) is 9.00. The van der Waals surface area contributed by atoms with Crippen molar-refractivity contribution in [2.24, 2.45) is 7.05 Å². The number of nitrogens with one attached hydrogen (secondary N) is 1. The minimum atomic E-state index is -3.40. The number of aromatic nitrogens is 1. The number of hydrogen-bond acceptors (Lipinski definition) is 3. The van der Waals surface area contributed by atoms with Gasteiger partial charge in [-0.3, -0.25) is 0 Å². The Kier molecular flexibility index (Phi) is 4.52. The van der Waals surface area contributed by atoms with Gasteiger partial charge in [0.25, 0.3) is 0 Å². The Morgan fingerprint density at radius 2 is 2.05 bits per heavy atom. The Hall–Kier alpha value is -0.850.